The molecule has 108 valence electrons. The van der Waals surface area contributed by atoms with E-state index in [2.05, 4.69) is 56.4 Å². The van der Waals surface area contributed by atoms with Gasteiger partial charge in [-0.1, -0.05) is 19.1 Å². The molecule has 4 heteroatoms. The number of hydrogen-bond acceptors (Lipinski definition) is 4. The predicted octanol–water partition coefficient (Wildman–Crippen LogP) is 4.66. The molecule has 0 saturated carbocycles. The lowest BCUT2D eigenvalue weighted by atomic mass is 10.1. The molecule has 0 aliphatic rings. The van der Waals surface area contributed by atoms with Gasteiger partial charge in [0.2, 0.25) is 0 Å². The molecule has 3 aromatic rings. The molecule has 0 spiro atoms. The SMILES string of the molecule is CCNc1nc(-c2ccc(CC)s2)nc2cccc(C)c12. The summed E-state index contributed by atoms with van der Waals surface area (Å²) in [6.45, 7) is 7.22. The van der Waals surface area contributed by atoms with Crippen molar-refractivity contribution in [1.82, 2.24) is 9.97 Å². The molecule has 2 aromatic heterocycles. The quantitative estimate of drug-likeness (QED) is 0.761. The van der Waals surface area contributed by atoms with Crippen molar-refractivity contribution in [3.8, 4) is 10.7 Å². The van der Waals surface area contributed by atoms with E-state index in [9.17, 15) is 0 Å². The van der Waals surface area contributed by atoms with E-state index in [4.69, 9.17) is 9.97 Å². The van der Waals surface area contributed by atoms with E-state index in [0.29, 0.717) is 0 Å². The largest absolute Gasteiger partial charge is 0.370 e. The van der Waals surface area contributed by atoms with Gasteiger partial charge < -0.3 is 5.32 Å². The zero-order valence-corrected chi connectivity index (χ0v) is 13.4. The Morgan fingerprint density at radius 1 is 1.10 bits per heavy atom. The molecule has 3 rings (SSSR count). The number of nitrogens with zero attached hydrogens (tertiary/aromatic N) is 2. The Balaban J connectivity index is 2.20. The summed E-state index contributed by atoms with van der Waals surface area (Å²) in [6.07, 6.45) is 1.05. The van der Waals surface area contributed by atoms with Gasteiger partial charge in [-0.15, -0.1) is 11.3 Å². The normalized spacial score (nSPS) is 11.0. The van der Waals surface area contributed by atoms with Crippen molar-refractivity contribution in [3.05, 3.63) is 40.8 Å². The second-order valence-electron chi connectivity index (χ2n) is 5.01. The van der Waals surface area contributed by atoms with Gasteiger partial charge >= 0.3 is 0 Å². The van der Waals surface area contributed by atoms with Crippen molar-refractivity contribution in [1.29, 1.82) is 0 Å². The minimum Gasteiger partial charge on any atom is -0.370 e. The topological polar surface area (TPSA) is 37.8 Å². The molecular weight excluding hydrogens is 278 g/mol. The van der Waals surface area contributed by atoms with Gasteiger partial charge in [0.1, 0.15) is 5.82 Å². The Kier molecular flexibility index (Phi) is 3.88. The fourth-order valence-electron chi connectivity index (χ4n) is 2.45. The van der Waals surface area contributed by atoms with Crippen LogP contribution < -0.4 is 5.32 Å². The molecule has 0 bridgehead atoms. The first-order valence-electron chi connectivity index (χ1n) is 7.33. The van der Waals surface area contributed by atoms with E-state index in [1.807, 2.05) is 0 Å². The number of rotatable bonds is 4. The lowest BCUT2D eigenvalue weighted by Gasteiger charge is -2.10. The molecule has 1 N–H and O–H groups in total. The summed E-state index contributed by atoms with van der Waals surface area (Å²) in [4.78, 5) is 12.0. The van der Waals surface area contributed by atoms with Crippen molar-refractivity contribution in [2.75, 3.05) is 11.9 Å². The Morgan fingerprint density at radius 2 is 1.95 bits per heavy atom. The fraction of sp³-hybridized carbons (Fsp3) is 0.294. The molecule has 0 fully saturated rings. The van der Waals surface area contributed by atoms with Crippen LogP contribution in [0.5, 0.6) is 0 Å². The minimum atomic E-state index is 0.814. The summed E-state index contributed by atoms with van der Waals surface area (Å²) < 4.78 is 0. The zero-order valence-electron chi connectivity index (χ0n) is 12.6. The number of anilines is 1. The number of fused-ring (bicyclic) bond motifs is 1. The summed E-state index contributed by atoms with van der Waals surface area (Å²) in [5.41, 5.74) is 2.21. The lowest BCUT2D eigenvalue weighted by Crippen LogP contribution is -2.03. The molecular formula is C17H19N3S. The molecule has 0 aliphatic heterocycles. The maximum absolute atomic E-state index is 4.76. The minimum absolute atomic E-state index is 0.814. The molecule has 3 nitrogen and oxygen atoms in total. The zero-order chi connectivity index (χ0) is 14.8. The standard InChI is InChI=1S/C17H19N3S/c1-4-12-9-10-14(21-12)16-19-13-8-6-7-11(3)15(13)17(20-16)18-5-2/h6-10H,4-5H2,1-3H3,(H,18,19,20). The third-order valence-corrected chi connectivity index (χ3v) is 4.73. The van der Waals surface area contributed by atoms with Gasteiger partial charge in [0.05, 0.1) is 10.4 Å². The third kappa shape index (κ3) is 2.63. The lowest BCUT2D eigenvalue weighted by molar-refractivity contribution is 1.15. The summed E-state index contributed by atoms with van der Waals surface area (Å²) in [7, 11) is 0. The first-order chi connectivity index (χ1) is 10.2. The molecule has 0 aliphatic carbocycles. The van der Waals surface area contributed by atoms with Crippen LogP contribution in [0, 0.1) is 6.92 Å². The Morgan fingerprint density at radius 3 is 2.67 bits per heavy atom. The number of hydrogen-bond donors (Lipinski definition) is 1. The Hall–Kier alpha value is -1.94. The molecule has 2 heterocycles. The summed E-state index contributed by atoms with van der Waals surface area (Å²) in [5.74, 6) is 1.75. The second kappa shape index (κ2) is 5.82. The Bertz CT molecular complexity index is 777. The van der Waals surface area contributed by atoms with Crippen LogP contribution in [0.3, 0.4) is 0 Å². The molecule has 0 radical (unpaired) electrons. The van der Waals surface area contributed by atoms with Crippen LogP contribution in [0.15, 0.2) is 30.3 Å². The van der Waals surface area contributed by atoms with Crippen LogP contribution in [0.2, 0.25) is 0 Å². The van der Waals surface area contributed by atoms with Crippen LogP contribution in [-0.2, 0) is 6.42 Å². The molecule has 0 amide bonds. The first-order valence-corrected chi connectivity index (χ1v) is 8.15. The number of thiophene rings is 1. The van der Waals surface area contributed by atoms with E-state index in [-0.39, 0.29) is 0 Å². The molecule has 1 aromatic carbocycles. The van der Waals surface area contributed by atoms with E-state index >= 15 is 0 Å². The van der Waals surface area contributed by atoms with Crippen LogP contribution in [0.25, 0.3) is 21.6 Å². The highest BCUT2D eigenvalue weighted by Crippen LogP contribution is 2.31. The highest BCUT2D eigenvalue weighted by Gasteiger charge is 2.12. The summed E-state index contributed by atoms with van der Waals surface area (Å²) in [6, 6.07) is 10.5. The number of nitrogens with one attached hydrogen (secondary N) is 1. The van der Waals surface area contributed by atoms with E-state index in [1.54, 1.807) is 11.3 Å². The monoisotopic (exact) mass is 297 g/mol. The van der Waals surface area contributed by atoms with E-state index < -0.39 is 0 Å². The van der Waals surface area contributed by atoms with Crippen LogP contribution in [0.4, 0.5) is 5.82 Å². The van der Waals surface area contributed by atoms with Crippen LogP contribution in [-0.4, -0.2) is 16.5 Å². The first kappa shape index (κ1) is 14.0. The Labute approximate surface area is 129 Å². The van der Waals surface area contributed by atoms with Gasteiger partial charge in [0, 0.05) is 16.8 Å². The van der Waals surface area contributed by atoms with Crippen molar-refractivity contribution in [2.45, 2.75) is 27.2 Å². The summed E-state index contributed by atoms with van der Waals surface area (Å²) in [5, 5.41) is 4.50. The average Bonchev–Trinajstić information content (AvgIpc) is 2.96. The number of aryl methyl sites for hydroxylation is 2. The smallest absolute Gasteiger partial charge is 0.172 e. The van der Waals surface area contributed by atoms with E-state index in [0.717, 1.165) is 40.4 Å². The van der Waals surface area contributed by atoms with Crippen LogP contribution >= 0.6 is 11.3 Å². The molecule has 0 unspecified atom stereocenters. The molecule has 21 heavy (non-hydrogen) atoms. The number of benzene rings is 1. The maximum atomic E-state index is 4.76. The molecule has 0 atom stereocenters. The summed E-state index contributed by atoms with van der Waals surface area (Å²) >= 11 is 1.77. The van der Waals surface area contributed by atoms with Gasteiger partial charge in [0.25, 0.3) is 0 Å². The van der Waals surface area contributed by atoms with Gasteiger partial charge in [0.15, 0.2) is 5.82 Å². The van der Waals surface area contributed by atoms with Crippen molar-refractivity contribution in [3.63, 3.8) is 0 Å². The average molecular weight is 297 g/mol. The molecule has 0 saturated heterocycles. The predicted molar refractivity (Wildman–Crippen MR) is 91.1 cm³/mol. The third-order valence-electron chi connectivity index (χ3n) is 3.51. The number of aromatic nitrogens is 2. The van der Waals surface area contributed by atoms with Crippen LogP contribution in [0.1, 0.15) is 24.3 Å². The highest BCUT2D eigenvalue weighted by atomic mass is 32.1. The van der Waals surface area contributed by atoms with Crippen molar-refractivity contribution >= 4 is 28.1 Å². The van der Waals surface area contributed by atoms with Gasteiger partial charge in [-0.25, -0.2) is 9.97 Å². The van der Waals surface area contributed by atoms with Crippen molar-refractivity contribution < 1.29 is 0 Å². The highest BCUT2D eigenvalue weighted by molar-refractivity contribution is 7.15. The van der Waals surface area contributed by atoms with Gasteiger partial charge in [-0.3, -0.25) is 0 Å². The second-order valence-corrected chi connectivity index (χ2v) is 6.18. The maximum Gasteiger partial charge on any atom is 0.172 e. The fourth-order valence-corrected chi connectivity index (χ4v) is 3.33. The van der Waals surface area contributed by atoms with E-state index in [1.165, 1.54) is 10.4 Å². The van der Waals surface area contributed by atoms with Gasteiger partial charge in [-0.05, 0) is 44.0 Å². The van der Waals surface area contributed by atoms with Crippen molar-refractivity contribution in [2.24, 2.45) is 0 Å². The van der Waals surface area contributed by atoms with Gasteiger partial charge in [-0.2, -0.15) is 0 Å².